The molecule has 1 aliphatic rings. The van der Waals surface area contributed by atoms with E-state index in [1.54, 1.807) is 44.2 Å². The van der Waals surface area contributed by atoms with E-state index in [4.69, 9.17) is 4.18 Å². The van der Waals surface area contributed by atoms with Crippen LogP contribution in [0, 0.1) is 13.8 Å². The Kier molecular flexibility index (Phi) is 8.28. The minimum Gasteiger partial charge on any atom is -0.506 e. The average molecular weight is 776 g/mol. The van der Waals surface area contributed by atoms with E-state index in [9.17, 15) is 18.6 Å². The van der Waals surface area contributed by atoms with Gasteiger partial charge in [0.2, 0.25) is 0 Å². The number of benzene rings is 4. The van der Waals surface area contributed by atoms with E-state index in [-0.39, 0.29) is 16.4 Å². The average Bonchev–Trinajstić information content (AvgIpc) is 3.15. The molecule has 4 aromatic carbocycles. The van der Waals surface area contributed by atoms with Crippen molar-refractivity contribution in [1.82, 2.24) is 0 Å². The van der Waals surface area contributed by atoms with Gasteiger partial charge in [-0.05, 0) is 118 Å². The molecular weight excluding hydrogens is 756 g/mol. The molecular formula is C27H20Br4O5S. The van der Waals surface area contributed by atoms with Crippen LogP contribution in [0.2, 0.25) is 0 Å². The normalized spacial score (nSPS) is 15.0. The number of aromatic hydroxyl groups is 2. The predicted octanol–water partition coefficient (Wildman–Crippen LogP) is 8.46. The summed E-state index contributed by atoms with van der Waals surface area (Å²) < 4.78 is 33.8. The van der Waals surface area contributed by atoms with Crippen LogP contribution in [-0.2, 0) is 19.9 Å². The van der Waals surface area contributed by atoms with E-state index in [1.165, 1.54) is 6.07 Å². The van der Waals surface area contributed by atoms with E-state index in [0.717, 1.165) is 0 Å². The highest BCUT2D eigenvalue weighted by atomic mass is 79.9. The third kappa shape index (κ3) is 4.92. The first-order valence-electron chi connectivity index (χ1n) is 10.8. The van der Waals surface area contributed by atoms with Crippen molar-refractivity contribution in [3.8, 4) is 11.5 Å². The van der Waals surface area contributed by atoms with Crippen molar-refractivity contribution >= 4 is 73.8 Å². The lowest BCUT2D eigenvalue weighted by atomic mass is 9.77. The molecule has 2 N–H and O–H groups in total. The fourth-order valence-electron chi connectivity index (χ4n) is 4.28. The van der Waals surface area contributed by atoms with Crippen LogP contribution in [0.4, 0.5) is 0 Å². The first kappa shape index (κ1) is 28.3. The van der Waals surface area contributed by atoms with Crippen LogP contribution in [0.15, 0.2) is 95.6 Å². The van der Waals surface area contributed by atoms with Gasteiger partial charge in [0, 0.05) is 5.56 Å². The lowest BCUT2D eigenvalue weighted by Gasteiger charge is -2.33. The molecule has 0 unspecified atom stereocenters. The van der Waals surface area contributed by atoms with Gasteiger partial charge >= 0.3 is 0 Å². The smallest absolute Gasteiger partial charge is 0.298 e. The van der Waals surface area contributed by atoms with Gasteiger partial charge in [-0.3, -0.25) is 0 Å². The molecule has 0 aromatic heterocycles. The molecule has 4 aromatic rings. The SMILES string of the molecule is Cc1c(C2(c3cc(Br)c(O)c(Br)c3C)OS(=O)(=O)c3ccccc32)cc(Br)c(O)c1Br.c1ccccc1. The third-order valence-electron chi connectivity index (χ3n) is 6.07. The van der Waals surface area contributed by atoms with Crippen LogP contribution in [0.3, 0.4) is 0 Å². The second-order valence-corrected chi connectivity index (χ2v) is 13.1. The first-order chi connectivity index (χ1) is 17.4. The third-order valence-corrected chi connectivity index (χ3v) is 10.6. The summed E-state index contributed by atoms with van der Waals surface area (Å²) in [6.07, 6.45) is 0. The molecule has 0 radical (unpaired) electrons. The summed E-state index contributed by atoms with van der Waals surface area (Å²) in [5.74, 6) is -0.00865. The van der Waals surface area contributed by atoms with Crippen LogP contribution in [0.1, 0.15) is 27.8 Å². The largest absolute Gasteiger partial charge is 0.506 e. The Morgan fingerprint density at radius 1 is 0.676 bits per heavy atom. The topological polar surface area (TPSA) is 83.8 Å². The molecule has 37 heavy (non-hydrogen) atoms. The summed E-state index contributed by atoms with van der Waals surface area (Å²) in [7, 11) is -4.10. The maximum Gasteiger partial charge on any atom is 0.298 e. The summed E-state index contributed by atoms with van der Waals surface area (Å²) in [4.78, 5) is 0.0643. The molecule has 1 heterocycles. The molecule has 0 fully saturated rings. The second-order valence-electron chi connectivity index (χ2n) is 8.26. The highest BCUT2D eigenvalue weighted by molar-refractivity contribution is 9.11. The molecule has 0 bridgehead atoms. The van der Waals surface area contributed by atoms with Crippen molar-refractivity contribution in [2.45, 2.75) is 24.3 Å². The van der Waals surface area contributed by atoms with Crippen LogP contribution in [-0.4, -0.2) is 18.6 Å². The molecule has 10 heteroatoms. The van der Waals surface area contributed by atoms with Crippen molar-refractivity contribution in [3.63, 3.8) is 0 Å². The Morgan fingerprint density at radius 3 is 1.51 bits per heavy atom. The minimum atomic E-state index is -4.10. The number of fused-ring (bicyclic) bond motifs is 1. The Balaban J connectivity index is 0.000000469. The van der Waals surface area contributed by atoms with E-state index in [2.05, 4.69) is 63.7 Å². The highest BCUT2D eigenvalue weighted by Crippen LogP contribution is 2.56. The van der Waals surface area contributed by atoms with Gasteiger partial charge in [-0.2, -0.15) is 8.42 Å². The number of hydrogen-bond donors (Lipinski definition) is 2. The highest BCUT2D eigenvalue weighted by Gasteiger charge is 2.53. The molecule has 0 saturated heterocycles. The lowest BCUT2D eigenvalue weighted by molar-refractivity contribution is 0.178. The number of hydrogen-bond acceptors (Lipinski definition) is 5. The lowest BCUT2D eigenvalue weighted by Crippen LogP contribution is -2.32. The molecule has 1 aliphatic heterocycles. The minimum absolute atomic E-state index is 0.00433. The molecule has 0 saturated carbocycles. The fourth-order valence-corrected chi connectivity index (χ4v) is 7.93. The van der Waals surface area contributed by atoms with Gasteiger partial charge in [0.05, 0.1) is 17.9 Å². The van der Waals surface area contributed by atoms with Crippen molar-refractivity contribution in [3.05, 3.63) is 119 Å². The fraction of sp³-hybridized carbons (Fsp3) is 0.111. The van der Waals surface area contributed by atoms with Crippen LogP contribution >= 0.6 is 63.7 Å². The Hall–Kier alpha value is -1.69. The molecule has 0 amide bonds. The second kappa shape index (κ2) is 10.8. The van der Waals surface area contributed by atoms with Crippen LogP contribution < -0.4 is 0 Å². The zero-order chi connectivity index (χ0) is 27.1. The molecule has 0 spiro atoms. The maximum atomic E-state index is 13.1. The Morgan fingerprint density at radius 2 is 1.08 bits per heavy atom. The van der Waals surface area contributed by atoms with Crippen molar-refractivity contribution in [2.24, 2.45) is 0 Å². The number of halogens is 4. The predicted molar refractivity (Wildman–Crippen MR) is 158 cm³/mol. The van der Waals surface area contributed by atoms with Crippen molar-refractivity contribution in [2.75, 3.05) is 0 Å². The van der Waals surface area contributed by atoms with E-state index >= 15 is 0 Å². The zero-order valence-electron chi connectivity index (χ0n) is 19.5. The van der Waals surface area contributed by atoms with E-state index < -0.39 is 15.7 Å². The quantitative estimate of drug-likeness (QED) is 0.200. The van der Waals surface area contributed by atoms with Gasteiger partial charge in [0.15, 0.2) is 5.60 Å². The Labute approximate surface area is 249 Å². The van der Waals surface area contributed by atoms with Crippen molar-refractivity contribution < 1.29 is 22.8 Å². The number of rotatable bonds is 2. The summed E-state index contributed by atoms with van der Waals surface area (Å²) in [5.41, 5.74) is 1.13. The number of phenols is 2. The summed E-state index contributed by atoms with van der Waals surface area (Å²) in [5, 5.41) is 20.8. The van der Waals surface area contributed by atoms with Gasteiger partial charge < -0.3 is 10.2 Å². The molecule has 5 rings (SSSR count). The summed E-state index contributed by atoms with van der Waals surface area (Å²) in [6, 6.07) is 21.9. The molecule has 0 atom stereocenters. The van der Waals surface area contributed by atoms with Crippen molar-refractivity contribution in [1.29, 1.82) is 0 Å². The molecule has 5 nitrogen and oxygen atoms in total. The first-order valence-corrected chi connectivity index (χ1v) is 15.4. The molecule has 0 aliphatic carbocycles. The zero-order valence-corrected chi connectivity index (χ0v) is 26.6. The van der Waals surface area contributed by atoms with Gasteiger partial charge in [-0.15, -0.1) is 0 Å². The van der Waals surface area contributed by atoms with Gasteiger partial charge in [-0.25, -0.2) is 4.18 Å². The number of phenolic OH excluding ortho intramolecular Hbond substituents is 2. The standard InChI is InChI=1S/C21H14Br4O5S.C6H6/c1-9-12(7-14(22)19(26)17(9)24)21(13-8-15(23)20(27)18(25)10(13)2)11-5-3-4-6-16(11)31(28,29)30-21;1-2-4-6-5-3-1/h3-8,26-27H,1-2H3;1-6H. The summed E-state index contributed by atoms with van der Waals surface area (Å²) >= 11 is 13.5. The van der Waals surface area contributed by atoms with Crippen LogP contribution in [0.25, 0.3) is 0 Å². The van der Waals surface area contributed by atoms with Gasteiger partial charge in [-0.1, -0.05) is 54.6 Å². The Bertz CT molecular complexity index is 1520. The van der Waals surface area contributed by atoms with Gasteiger partial charge in [0.25, 0.3) is 10.1 Å². The molecule has 192 valence electrons. The van der Waals surface area contributed by atoms with Crippen LogP contribution in [0.5, 0.6) is 11.5 Å². The maximum absolute atomic E-state index is 13.1. The monoisotopic (exact) mass is 772 g/mol. The summed E-state index contributed by atoms with van der Waals surface area (Å²) in [6.45, 7) is 3.54. The van der Waals surface area contributed by atoms with E-state index in [0.29, 0.717) is 45.7 Å². The van der Waals surface area contributed by atoms with Gasteiger partial charge in [0.1, 0.15) is 16.4 Å². The van der Waals surface area contributed by atoms with E-state index in [1.807, 2.05) is 36.4 Å².